The summed E-state index contributed by atoms with van der Waals surface area (Å²) >= 11 is 0. The Bertz CT molecular complexity index is 730. The third-order valence-corrected chi connectivity index (χ3v) is 3.36. The first-order valence-electron chi connectivity index (χ1n) is 7.22. The maximum atomic E-state index is 12.9. The molecule has 0 N–H and O–H groups in total. The van der Waals surface area contributed by atoms with E-state index >= 15 is 0 Å². The Kier molecular flexibility index (Phi) is 5.89. The second kappa shape index (κ2) is 8.10. The van der Waals surface area contributed by atoms with E-state index in [-0.39, 0.29) is 5.82 Å². The zero-order chi connectivity index (χ0) is 17.5. The lowest BCUT2D eigenvalue weighted by molar-refractivity contribution is 0.324. The summed E-state index contributed by atoms with van der Waals surface area (Å²) in [5.41, 5.74) is 2.23. The maximum Gasteiger partial charge on any atom is 0.203 e. The van der Waals surface area contributed by atoms with Crippen molar-refractivity contribution in [2.75, 3.05) is 21.3 Å². The molecule has 0 aliphatic heterocycles. The summed E-state index contributed by atoms with van der Waals surface area (Å²) in [6, 6.07) is 9.63. The van der Waals surface area contributed by atoms with Crippen LogP contribution < -0.4 is 14.2 Å². The SMILES string of the molecule is COc1cc(C=N/N=C(\C)c2ccc(F)cc2)cc(OC)c1OC. The standard InChI is InChI=1S/C18H19FN2O3/c1-12(14-5-7-15(19)8-6-14)21-20-11-13-9-16(22-2)18(24-4)17(10-13)23-3/h5-11H,1-4H3/b20-11?,21-12+. The van der Waals surface area contributed by atoms with Crippen LogP contribution in [0.5, 0.6) is 17.2 Å². The van der Waals surface area contributed by atoms with Gasteiger partial charge in [0, 0.05) is 5.56 Å². The summed E-state index contributed by atoms with van der Waals surface area (Å²) in [5, 5.41) is 8.19. The molecule has 24 heavy (non-hydrogen) atoms. The van der Waals surface area contributed by atoms with E-state index in [2.05, 4.69) is 10.2 Å². The average Bonchev–Trinajstić information content (AvgIpc) is 2.61. The Balaban J connectivity index is 2.25. The van der Waals surface area contributed by atoms with E-state index in [9.17, 15) is 4.39 Å². The predicted octanol–water partition coefficient (Wildman–Crippen LogP) is 3.69. The van der Waals surface area contributed by atoms with Gasteiger partial charge in [0.05, 0.1) is 33.3 Å². The molecule has 0 heterocycles. The Morgan fingerprint density at radius 3 is 2.04 bits per heavy atom. The molecule has 0 saturated carbocycles. The lowest BCUT2D eigenvalue weighted by Gasteiger charge is -2.12. The number of methoxy groups -OCH3 is 3. The molecule has 0 radical (unpaired) electrons. The lowest BCUT2D eigenvalue weighted by Crippen LogP contribution is -1.97. The predicted molar refractivity (Wildman–Crippen MR) is 92.3 cm³/mol. The Hall–Kier alpha value is -2.89. The number of hydrogen-bond donors (Lipinski definition) is 0. The molecule has 0 aliphatic carbocycles. The van der Waals surface area contributed by atoms with Crippen molar-refractivity contribution in [3.8, 4) is 17.2 Å². The van der Waals surface area contributed by atoms with Crippen molar-refractivity contribution in [2.45, 2.75) is 6.92 Å². The summed E-state index contributed by atoms with van der Waals surface area (Å²) in [5.74, 6) is 1.31. The van der Waals surface area contributed by atoms with Gasteiger partial charge >= 0.3 is 0 Å². The molecular weight excluding hydrogens is 311 g/mol. The lowest BCUT2D eigenvalue weighted by atomic mass is 10.1. The van der Waals surface area contributed by atoms with Crippen molar-refractivity contribution in [3.05, 3.63) is 53.3 Å². The van der Waals surface area contributed by atoms with Gasteiger partial charge in [0.15, 0.2) is 11.5 Å². The normalized spacial score (nSPS) is 11.6. The smallest absolute Gasteiger partial charge is 0.203 e. The van der Waals surface area contributed by atoms with E-state index < -0.39 is 0 Å². The van der Waals surface area contributed by atoms with Gasteiger partial charge in [0.1, 0.15) is 5.82 Å². The fourth-order valence-electron chi connectivity index (χ4n) is 2.11. The molecule has 0 aromatic heterocycles. The van der Waals surface area contributed by atoms with Crippen LogP contribution in [-0.2, 0) is 0 Å². The zero-order valence-electron chi connectivity index (χ0n) is 14.0. The first-order valence-corrected chi connectivity index (χ1v) is 7.22. The fourth-order valence-corrected chi connectivity index (χ4v) is 2.11. The van der Waals surface area contributed by atoms with Gasteiger partial charge in [-0.3, -0.25) is 0 Å². The first-order chi connectivity index (χ1) is 11.6. The molecule has 126 valence electrons. The minimum absolute atomic E-state index is 0.285. The number of rotatable bonds is 6. The molecule has 2 aromatic carbocycles. The van der Waals surface area contributed by atoms with Gasteiger partial charge in [0.25, 0.3) is 0 Å². The van der Waals surface area contributed by atoms with E-state index in [1.54, 1.807) is 58.7 Å². The van der Waals surface area contributed by atoms with Crippen molar-refractivity contribution in [3.63, 3.8) is 0 Å². The maximum absolute atomic E-state index is 12.9. The second-order valence-corrected chi connectivity index (χ2v) is 4.90. The van der Waals surface area contributed by atoms with Gasteiger partial charge < -0.3 is 14.2 Å². The molecule has 0 fully saturated rings. The van der Waals surface area contributed by atoms with Gasteiger partial charge in [-0.05, 0) is 36.8 Å². The molecule has 2 aromatic rings. The highest BCUT2D eigenvalue weighted by Crippen LogP contribution is 2.37. The van der Waals surface area contributed by atoms with Gasteiger partial charge in [0.2, 0.25) is 5.75 Å². The minimum Gasteiger partial charge on any atom is -0.493 e. The minimum atomic E-state index is -0.285. The molecule has 0 spiro atoms. The van der Waals surface area contributed by atoms with Crippen molar-refractivity contribution < 1.29 is 18.6 Å². The van der Waals surface area contributed by atoms with E-state index in [1.807, 2.05) is 0 Å². The molecule has 2 rings (SSSR count). The molecule has 0 saturated heterocycles. The Morgan fingerprint density at radius 1 is 0.958 bits per heavy atom. The van der Waals surface area contributed by atoms with Gasteiger partial charge in [-0.25, -0.2) is 4.39 Å². The van der Waals surface area contributed by atoms with Crippen LogP contribution in [-0.4, -0.2) is 33.3 Å². The van der Waals surface area contributed by atoms with Crippen LogP contribution in [0, 0.1) is 5.82 Å². The van der Waals surface area contributed by atoms with Crippen LogP contribution in [0.25, 0.3) is 0 Å². The molecule has 5 nitrogen and oxygen atoms in total. The van der Waals surface area contributed by atoms with E-state index in [0.717, 1.165) is 11.1 Å². The highest BCUT2D eigenvalue weighted by atomic mass is 19.1. The third-order valence-electron chi connectivity index (χ3n) is 3.36. The Morgan fingerprint density at radius 2 is 1.54 bits per heavy atom. The number of hydrogen-bond acceptors (Lipinski definition) is 5. The summed E-state index contributed by atoms with van der Waals surface area (Å²) in [6.45, 7) is 1.81. The van der Waals surface area contributed by atoms with Crippen LogP contribution in [0.3, 0.4) is 0 Å². The molecular formula is C18H19FN2O3. The number of ether oxygens (including phenoxy) is 3. The van der Waals surface area contributed by atoms with Gasteiger partial charge in [-0.1, -0.05) is 12.1 Å². The molecule has 0 aliphatic rings. The van der Waals surface area contributed by atoms with Gasteiger partial charge in [-0.2, -0.15) is 10.2 Å². The van der Waals surface area contributed by atoms with E-state index in [0.29, 0.717) is 23.0 Å². The average molecular weight is 330 g/mol. The molecule has 6 heteroatoms. The summed E-state index contributed by atoms with van der Waals surface area (Å²) in [7, 11) is 4.65. The molecule has 0 amide bonds. The number of benzene rings is 2. The highest BCUT2D eigenvalue weighted by Gasteiger charge is 2.12. The quantitative estimate of drug-likeness (QED) is 0.599. The largest absolute Gasteiger partial charge is 0.493 e. The first kappa shape index (κ1) is 17.5. The zero-order valence-corrected chi connectivity index (χ0v) is 14.0. The van der Waals surface area contributed by atoms with Crippen molar-refractivity contribution >= 4 is 11.9 Å². The van der Waals surface area contributed by atoms with Crippen molar-refractivity contribution in [2.24, 2.45) is 10.2 Å². The van der Waals surface area contributed by atoms with Crippen LogP contribution in [0.15, 0.2) is 46.6 Å². The molecule has 0 bridgehead atoms. The monoisotopic (exact) mass is 330 g/mol. The number of nitrogens with zero attached hydrogens (tertiary/aromatic N) is 2. The van der Waals surface area contributed by atoms with E-state index in [4.69, 9.17) is 14.2 Å². The van der Waals surface area contributed by atoms with Crippen molar-refractivity contribution in [1.82, 2.24) is 0 Å². The van der Waals surface area contributed by atoms with Crippen molar-refractivity contribution in [1.29, 1.82) is 0 Å². The number of halogens is 1. The van der Waals surface area contributed by atoms with E-state index in [1.165, 1.54) is 12.1 Å². The highest BCUT2D eigenvalue weighted by molar-refractivity contribution is 5.99. The van der Waals surface area contributed by atoms with Crippen LogP contribution in [0.2, 0.25) is 0 Å². The van der Waals surface area contributed by atoms with Crippen LogP contribution in [0.1, 0.15) is 18.1 Å². The summed E-state index contributed by atoms with van der Waals surface area (Å²) in [6.07, 6.45) is 1.58. The van der Waals surface area contributed by atoms with Gasteiger partial charge in [-0.15, -0.1) is 0 Å². The summed E-state index contributed by atoms with van der Waals surface area (Å²) in [4.78, 5) is 0. The molecule has 0 atom stereocenters. The summed E-state index contributed by atoms with van der Waals surface area (Å²) < 4.78 is 28.8. The fraction of sp³-hybridized carbons (Fsp3) is 0.222. The molecule has 0 unspecified atom stereocenters. The topological polar surface area (TPSA) is 52.4 Å². The van der Waals surface area contributed by atoms with Crippen LogP contribution >= 0.6 is 0 Å². The van der Waals surface area contributed by atoms with Crippen LogP contribution in [0.4, 0.5) is 4.39 Å². The second-order valence-electron chi connectivity index (χ2n) is 4.90. The third kappa shape index (κ3) is 4.10. The Labute approximate surface area is 140 Å².